The molecule has 1 atom stereocenters. The highest BCUT2D eigenvalue weighted by Gasteiger charge is 2.50. The lowest BCUT2D eigenvalue weighted by atomic mass is 9.89. The minimum absolute atomic E-state index is 0.391. The number of rotatable bonds is 11. The Balaban J connectivity index is 1.31. The van der Waals surface area contributed by atoms with E-state index in [-0.39, 0.29) is 0 Å². The van der Waals surface area contributed by atoms with Crippen LogP contribution in [0.5, 0.6) is 5.88 Å². The minimum atomic E-state index is -0.434. The number of hydrogen-bond acceptors (Lipinski definition) is 7. The number of aryl methyl sites for hydroxylation is 3. The first-order chi connectivity index (χ1) is 20.0. The topological polar surface area (TPSA) is 90.4 Å². The summed E-state index contributed by atoms with van der Waals surface area (Å²) in [5.41, 5.74) is 6.47. The summed E-state index contributed by atoms with van der Waals surface area (Å²) in [4.78, 5) is 0. The summed E-state index contributed by atoms with van der Waals surface area (Å²) >= 11 is 2.36. The van der Waals surface area contributed by atoms with E-state index in [0.717, 1.165) is 45.5 Å². The van der Waals surface area contributed by atoms with Gasteiger partial charge < -0.3 is 18.8 Å². The van der Waals surface area contributed by atoms with E-state index < -0.39 is 18.3 Å². The Morgan fingerprint density at radius 1 is 1.07 bits per heavy atom. The molecular formula is C29H39BIN6O4P. The molecule has 0 spiro atoms. The SMILES string of the molecule is CCc1nn(C)c(COCCOc2c(-c3ccc4c(c3)c(/C=C/B3OC(C)(C)C(C)(C)O3)nn4PI)cnn2C)c1C. The summed E-state index contributed by atoms with van der Waals surface area (Å²) < 4.78 is 30.1. The molecule has 5 rings (SSSR count). The van der Waals surface area contributed by atoms with Crippen molar-refractivity contribution in [2.45, 2.75) is 65.8 Å². The van der Waals surface area contributed by atoms with Gasteiger partial charge in [0, 0.05) is 19.5 Å². The van der Waals surface area contributed by atoms with Gasteiger partial charge in [0.2, 0.25) is 5.88 Å². The third kappa shape index (κ3) is 6.06. The van der Waals surface area contributed by atoms with E-state index in [0.29, 0.717) is 32.1 Å². The van der Waals surface area contributed by atoms with Crippen LogP contribution in [0.3, 0.4) is 0 Å². The Hall–Kier alpha value is -2.25. The highest BCUT2D eigenvalue weighted by molar-refractivity contribution is 14.2. The van der Waals surface area contributed by atoms with Crippen molar-refractivity contribution in [3.05, 3.63) is 53.0 Å². The summed E-state index contributed by atoms with van der Waals surface area (Å²) in [6.07, 6.45) is 5.22. The fraction of sp³-hybridized carbons (Fsp3) is 0.483. The maximum atomic E-state index is 6.20. The van der Waals surface area contributed by atoms with Crippen LogP contribution in [0.2, 0.25) is 0 Å². The summed E-state index contributed by atoms with van der Waals surface area (Å²) in [6.45, 7) is 13.8. The van der Waals surface area contributed by atoms with Crippen molar-refractivity contribution in [1.82, 2.24) is 29.1 Å². The van der Waals surface area contributed by atoms with Crippen LogP contribution in [0.15, 0.2) is 30.4 Å². The van der Waals surface area contributed by atoms with Gasteiger partial charge in [-0.05, 0) is 92.4 Å². The second-order valence-corrected chi connectivity index (χ2v) is 13.5. The summed E-state index contributed by atoms with van der Waals surface area (Å²) in [5, 5.41) is 15.0. The number of aromatic nitrogens is 6. The summed E-state index contributed by atoms with van der Waals surface area (Å²) in [6, 6.07) is 6.35. The first-order valence-electron chi connectivity index (χ1n) is 14.1. The molecule has 0 N–H and O–H groups in total. The zero-order chi connectivity index (χ0) is 30.2. The normalized spacial score (nSPS) is 16.6. The molecule has 224 valence electrons. The van der Waals surface area contributed by atoms with Crippen molar-refractivity contribution < 1.29 is 18.8 Å². The number of benzene rings is 1. The zero-order valence-corrected chi connectivity index (χ0v) is 28.7. The van der Waals surface area contributed by atoms with Crippen molar-refractivity contribution in [3.63, 3.8) is 0 Å². The molecule has 1 aliphatic rings. The van der Waals surface area contributed by atoms with Crippen LogP contribution in [0.25, 0.3) is 28.1 Å². The highest BCUT2D eigenvalue weighted by Crippen LogP contribution is 2.38. The van der Waals surface area contributed by atoms with Gasteiger partial charge in [-0.15, -0.1) is 0 Å². The third-order valence-electron chi connectivity index (χ3n) is 8.23. The molecule has 1 aliphatic heterocycles. The van der Waals surface area contributed by atoms with Crippen LogP contribution >= 0.6 is 28.4 Å². The van der Waals surface area contributed by atoms with Crippen molar-refractivity contribution in [2.24, 2.45) is 14.1 Å². The van der Waals surface area contributed by atoms with E-state index >= 15 is 0 Å². The zero-order valence-electron chi connectivity index (χ0n) is 25.6. The monoisotopic (exact) mass is 704 g/mol. The van der Waals surface area contributed by atoms with Crippen LogP contribution in [-0.2, 0) is 41.2 Å². The third-order valence-corrected chi connectivity index (χ3v) is 10.1. The number of fused-ring (bicyclic) bond motifs is 1. The molecule has 4 aromatic rings. The van der Waals surface area contributed by atoms with Gasteiger partial charge >= 0.3 is 7.12 Å². The van der Waals surface area contributed by atoms with Crippen LogP contribution in [0, 0.1) is 6.92 Å². The largest absolute Gasteiger partial charge is 0.487 e. The first-order valence-corrected chi connectivity index (χ1v) is 18.2. The lowest BCUT2D eigenvalue weighted by molar-refractivity contribution is 0.00578. The van der Waals surface area contributed by atoms with E-state index in [1.807, 2.05) is 41.5 Å². The molecule has 1 fully saturated rings. The summed E-state index contributed by atoms with van der Waals surface area (Å²) in [5.74, 6) is 2.64. The van der Waals surface area contributed by atoms with Gasteiger partial charge in [0.1, 0.15) is 6.61 Å². The van der Waals surface area contributed by atoms with E-state index in [1.54, 1.807) is 4.68 Å². The smallest absolute Gasteiger partial charge is 0.475 e. The van der Waals surface area contributed by atoms with Crippen molar-refractivity contribution >= 4 is 52.5 Å². The Bertz CT molecular complexity index is 1600. The average molecular weight is 704 g/mol. The van der Waals surface area contributed by atoms with Crippen LogP contribution in [-0.4, -0.2) is 60.6 Å². The standard InChI is InChI=1S/C29H39BIN6O4P/c1-9-23-19(2)26(35(7)33-23)18-38-14-15-39-27-22(17-32-36(27)8)20-10-11-25-21(16-20)24(34-37(25)42-31)12-13-30-40-28(3,4)29(5,6)41-30/h10-13,16-17,42H,9,14-15,18H2,1-8H3/b13-12+. The Labute approximate surface area is 262 Å². The molecular weight excluding hydrogens is 665 g/mol. The van der Waals surface area contributed by atoms with Crippen molar-refractivity contribution in [3.8, 4) is 17.0 Å². The summed E-state index contributed by atoms with van der Waals surface area (Å²) in [7, 11) is 3.41. The van der Waals surface area contributed by atoms with Crippen LogP contribution in [0.4, 0.5) is 0 Å². The highest BCUT2D eigenvalue weighted by atomic mass is 127. The number of halogens is 1. The van der Waals surface area contributed by atoms with Crippen LogP contribution < -0.4 is 4.74 Å². The Kier molecular flexibility index (Phi) is 9.21. The van der Waals surface area contributed by atoms with Crippen molar-refractivity contribution in [2.75, 3.05) is 13.2 Å². The van der Waals surface area contributed by atoms with Gasteiger partial charge in [-0.2, -0.15) is 15.3 Å². The molecule has 4 heterocycles. The van der Waals surface area contributed by atoms with E-state index in [4.69, 9.17) is 23.9 Å². The van der Waals surface area contributed by atoms with E-state index in [1.165, 1.54) is 5.56 Å². The lowest BCUT2D eigenvalue weighted by Gasteiger charge is -2.32. The molecule has 1 unspecified atom stereocenters. The predicted octanol–water partition coefficient (Wildman–Crippen LogP) is 6.07. The first kappa shape index (κ1) is 31.2. The predicted molar refractivity (Wildman–Crippen MR) is 177 cm³/mol. The number of ether oxygens (including phenoxy) is 2. The molecule has 10 nitrogen and oxygen atoms in total. The fourth-order valence-corrected chi connectivity index (χ4v) is 6.59. The van der Waals surface area contributed by atoms with Gasteiger partial charge in [-0.1, -0.05) is 19.0 Å². The molecule has 13 heteroatoms. The van der Waals surface area contributed by atoms with Gasteiger partial charge in [0.05, 0.1) is 65.1 Å². The molecule has 3 aromatic heterocycles. The van der Waals surface area contributed by atoms with Gasteiger partial charge in [-0.25, -0.2) is 9.13 Å². The number of nitrogens with zero attached hydrogens (tertiary/aromatic N) is 6. The van der Waals surface area contributed by atoms with Crippen molar-refractivity contribution in [1.29, 1.82) is 0 Å². The van der Waals surface area contributed by atoms with Gasteiger partial charge in [-0.3, -0.25) is 4.68 Å². The van der Waals surface area contributed by atoms with Gasteiger partial charge in [0.25, 0.3) is 0 Å². The molecule has 1 saturated heterocycles. The van der Waals surface area contributed by atoms with E-state index in [2.05, 4.69) is 92.0 Å². The maximum absolute atomic E-state index is 6.20. The average Bonchev–Trinajstić information content (AvgIpc) is 3.63. The lowest BCUT2D eigenvalue weighted by Crippen LogP contribution is -2.41. The van der Waals surface area contributed by atoms with Gasteiger partial charge in [0.15, 0.2) is 0 Å². The van der Waals surface area contributed by atoms with E-state index in [9.17, 15) is 0 Å². The quantitative estimate of drug-likeness (QED) is 0.0811. The molecule has 0 radical (unpaired) electrons. The second-order valence-electron chi connectivity index (χ2n) is 11.5. The maximum Gasteiger partial charge on any atom is 0.487 e. The molecule has 42 heavy (non-hydrogen) atoms. The molecule has 0 aliphatic carbocycles. The molecule has 1 aromatic carbocycles. The molecule has 0 saturated carbocycles. The Morgan fingerprint density at radius 2 is 1.81 bits per heavy atom. The molecule has 0 bridgehead atoms. The number of hydrogen-bond donors (Lipinski definition) is 0. The van der Waals surface area contributed by atoms with Crippen LogP contribution in [0.1, 0.15) is 57.3 Å². The molecule has 0 amide bonds. The fourth-order valence-electron chi connectivity index (χ4n) is 5.06. The Morgan fingerprint density at radius 3 is 2.48 bits per heavy atom. The minimum Gasteiger partial charge on any atom is -0.475 e. The second kappa shape index (κ2) is 12.4.